The summed E-state index contributed by atoms with van der Waals surface area (Å²) in [5.41, 5.74) is 0.398. The van der Waals surface area contributed by atoms with Crippen LogP contribution < -0.4 is 0 Å². The van der Waals surface area contributed by atoms with Gasteiger partial charge in [-0.15, -0.1) is 0 Å². The van der Waals surface area contributed by atoms with Crippen molar-refractivity contribution in [2.24, 2.45) is 11.8 Å². The first-order valence-electron chi connectivity index (χ1n) is 8.10. The average Bonchev–Trinajstić information content (AvgIpc) is 2.54. The number of alkyl halides is 2. The van der Waals surface area contributed by atoms with E-state index in [9.17, 15) is 13.9 Å². The van der Waals surface area contributed by atoms with E-state index in [1.807, 2.05) is 24.3 Å². The molecule has 0 heterocycles. The van der Waals surface area contributed by atoms with Crippen molar-refractivity contribution in [3.8, 4) is 0 Å². The fraction of sp³-hybridized carbons (Fsp3) is 0.667. The number of hydrogen-bond acceptors (Lipinski definition) is 1. The van der Waals surface area contributed by atoms with Gasteiger partial charge in [0.15, 0.2) is 0 Å². The molecular formula is C18H26F2O. The first-order valence-corrected chi connectivity index (χ1v) is 8.10. The summed E-state index contributed by atoms with van der Waals surface area (Å²) in [5.74, 6) is -1.11. The van der Waals surface area contributed by atoms with Crippen LogP contribution in [-0.2, 0) is 12.0 Å². The summed E-state index contributed by atoms with van der Waals surface area (Å²) >= 11 is 0. The van der Waals surface area contributed by atoms with E-state index in [4.69, 9.17) is 0 Å². The molecule has 118 valence electrons. The second-order valence-corrected chi connectivity index (χ2v) is 6.33. The summed E-state index contributed by atoms with van der Waals surface area (Å²) in [7, 11) is 0. The van der Waals surface area contributed by atoms with Crippen LogP contribution in [0, 0.1) is 11.8 Å². The van der Waals surface area contributed by atoms with Gasteiger partial charge in [0.05, 0.1) is 5.92 Å². The van der Waals surface area contributed by atoms with Gasteiger partial charge in [-0.2, -0.15) is 0 Å². The lowest BCUT2D eigenvalue weighted by Crippen LogP contribution is -2.45. The molecule has 0 amide bonds. The zero-order valence-corrected chi connectivity index (χ0v) is 13.0. The normalized spacial score (nSPS) is 21.2. The average molecular weight is 296 g/mol. The number of hydrogen-bond donors (Lipinski definition) is 1. The van der Waals surface area contributed by atoms with Gasteiger partial charge in [-0.25, -0.2) is 8.78 Å². The van der Waals surface area contributed by atoms with Crippen molar-refractivity contribution in [2.75, 3.05) is 0 Å². The third kappa shape index (κ3) is 3.28. The zero-order valence-electron chi connectivity index (χ0n) is 13.0. The van der Waals surface area contributed by atoms with Gasteiger partial charge in [0.25, 0.3) is 0 Å². The van der Waals surface area contributed by atoms with Gasteiger partial charge in [0.1, 0.15) is 5.60 Å². The monoisotopic (exact) mass is 296 g/mol. The number of benzene rings is 1. The third-order valence-corrected chi connectivity index (χ3v) is 5.12. The molecule has 1 aliphatic rings. The molecule has 2 rings (SSSR count). The molecule has 1 fully saturated rings. The molecule has 1 N–H and O–H groups in total. The van der Waals surface area contributed by atoms with Crippen molar-refractivity contribution < 1.29 is 13.9 Å². The molecule has 3 heteroatoms. The number of rotatable bonds is 5. The largest absolute Gasteiger partial charge is 0.384 e. The number of aliphatic hydroxyl groups is 1. The highest BCUT2D eigenvalue weighted by Crippen LogP contribution is 2.46. The Kier molecular flexibility index (Phi) is 5.37. The lowest BCUT2D eigenvalue weighted by atomic mass is 9.67. The Labute approximate surface area is 126 Å². The van der Waals surface area contributed by atoms with Gasteiger partial charge in [-0.3, -0.25) is 0 Å². The molecule has 1 aliphatic carbocycles. The van der Waals surface area contributed by atoms with Crippen LogP contribution in [0.3, 0.4) is 0 Å². The highest BCUT2D eigenvalue weighted by molar-refractivity contribution is 5.29. The van der Waals surface area contributed by atoms with Crippen LogP contribution in [-0.4, -0.2) is 11.5 Å². The van der Waals surface area contributed by atoms with E-state index in [-0.39, 0.29) is 5.92 Å². The second-order valence-electron chi connectivity index (χ2n) is 6.33. The SMILES string of the molecule is CCc1ccc(C(O)(C2CCCCC2)C(C)C(F)F)cc1. The van der Waals surface area contributed by atoms with Crippen LogP contribution in [0.5, 0.6) is 0 Å². The molecule has 2 unspecified atom stereocenters. The predicted octanol–water partition coefficient (Wildman–Crippen LogP) is 4.92. The highest BCUT2D eigenvalue weighted by Gasteiger charge is 2.46. The van der Waals surface area contributed by atoms with E-state index < -0.39 is 17.9 Å². The fourth-order valence-electron chi connectivity index (χ4n) is 3.61. The van der Waals surface area contributed by atoms with Crippen LogP contribution >= 0.6 is 0 Å². The molecule has 1 aromatic rings. The van der Waals surface area contributed by atoms with Gasteiger partial charge < -0.3 is 5.11 Å². The van der Waals surface area contributed by atoms with Crippen LogP contribution in [0.1, 0.15) is 57.1 Å². The summed E-state index contributed by atoms with van der Waals surface area (Å²) in [6.45, 7) is 3.54. The maximum atomic E-state index is 13.3. The minimum atomic E-state index is -2.51. The Hall–Kier alpha value is -0.960. The minimum Gasteiger partial charge on any atom is -0.384 e. The smallest absolute Gasteiger partial charge is 0.244 e. The quantitative estimate of drug-likeness (QED) is 0.818. The Morgan fingerprint density at radius 2 is 1.71 bits per heavy atom. The van der Waals surface area contributed by atoms with Crippen molar-refractivity contribution in [1.82, 2.24) is 0 Å². The fourth-order valence-corrected chi connectivity index (χ4v) is 3.61. The van der Waals surface area contributed by atoms with Crippen LogP contribution in [0.15, 0.2) is 24.3 Å². The number of aryl methyl sites for hydroxylation is 1. The molecule has 1 aromatic carbocycles. The van der Waals surface area contributed by atoms with Crippen molar-refractivity contribution in [2.45, 2.75) is 64.4 Å². The Morgan fingerprint density at radius 1 is 1.14 bits per heavy atom. The summed E-state index contributed by atoms with van der Waals surface area (Å²) in [6, 6.07) is 7.57. The molecule has 0 radical (unpaired) electrons. The first-order chi connectivity index (χ1) is 10.00. The standard InChI is InChI=1S/C18H26F2O/c1-3-14-9-11-16(12-10-14)18(21,13(2)17(19)20)15-7-5-4-6-8-15/h9-13,15,17,21H,3-8H2,1-2H3. The van der Waals surface area contributed by atoms with Crippen LogP contribution in [0.2, 0.25) is 0 Å². The molecule has 21 heavy (non-hydrogen) atoms. The summed E-state index contributed by atoms with van der Waals surface area (Å²) in [6.07, 6.45) is 3.26. The topological polar surface area (TPSA) is 20.2 Å². The van der Waals surface area contributed by atoms with Crippen molar-refractivity contribution >= 4 is 0 Å². The van der Waals surface area contributed by atoms with Crippen molar-refractivity contribution in [3.05, 3.63) is 35.4 Å². The molecule has 0 bridgehead atoms. The Morgan fingerprint density at radius 3 is 2.19 bits per heavy atom. The second kappa shape index (κ2) is 6.87. The molecule has 1 saturated carbocycles. The minimum absolute atomic E-state index is 0.0669. The van der Waals surface area contributed by atoms with Crippen molar-refractivity contribution in [3.63, 3.8) is 0 Å². The highest BCUT2D eigenvalue weighted by atomic mass is 19.3. The van der Waals surface area contributed by atoms with E-state index in [2.05, 4.69) is 6.92 Å². The molecule has 0 aliphatic heterocycles. The maximum absolute atomic E-state index is 13.3. The van der Waals surface area contributed by atoms with E-state index in [0.29, 0.717) is 5.56 Å². The lowest BCUT2D eigenvalue weighted by molar-refractivity contribution is -0.128. The predicted molar refractivity (Wildman–Crippen MR) is 81.5 cm³/mol. The molecule has 0 aromatic heterocycles. The third-order valence-electron chi connectivity index (χ3n) is 5.12. The Balaban J connectivity index is 2.37. The first kappa shape index (κ1) is 16.4. The van der Waals surface area contributed by atoms with E-state index >= 15 is 0 Å². The van der Waals surface area contributed by atoms with Gasteiger partial charge in [-0.05, 0) is 36.3 Å². The van der Waals surface area contributed by atoms with Crippen LogP contribution in [0.25, 0.3) is 0 Å². The van der Waals surface area contributed by atoms with Gasteiger partial charge in [0, 0.05) is 0 Å². The van der Waals surface area contributed by atoms with Crippen molar-refractivity contribution in [1.29, 1.82) is 0 Å². The van der Waals surface area contributed by atoms with E-state index in [0.717, 1.165) is 44.1 Å². The van der Waals surface area contributed by atoms with Crippen LogP contribution in [0.4, 0.5) is 8.78 Å². The maximum Gasteiger partial charge on any atom is 0.244 e. The lowest BCUT2D eigenvalue weighted by Gasteiger charge is -2.43. The summed E-state index contributed by atoms with van der Waals surface area (Å²) in [4.78, 5) is 0. The van der Waals surface area contributed by atoms with E-state index in [1.54, 1.807) is 0 Å². The zero-order chi connectivity index (χ0) is 15.5. The molecule has 0 spiro atoms. The summed E-state index contributed by atoms with van der Waals surface area (Å²) < 4.78 is 26.7. The Bertz CT molecular complexity index is 437. The van der Waals surface area contributed by atoms with Gasteiger partial charge in [-0.1, -0.05) is 57.4 Å². The van der Waals surface area contributed by atoms with Gasteiger partial charge >= 0.3 is 0 Å². The number of halogens is 2. The molecular weight excluding hydrogens is 270 g/mol. The summed E-state index contributed by atoms with van der Waals surface area (Å²) in [5, 5.41) is 11.2. The molecule has 0 saturated heterocycles. The van der Waals surface area contributed by atoms with E-state index in [1.165, 1.54) is 6.92 Å². The molecule has 2 atom stereocenters. The van der Waals surface area contributed by atoms with Gasteiger partial charge in [0.2, 0.25) is 6.43 Å². The molecule has 1 nitrogen and oxygen atoms in total.